The van der Waals surface area contributed by atoms with Gasteiger partial charge in [0.05, 0.1) is 6.42 Å². The van der Waals surface area contributed by atoms with Crippen LogP contribution in [0, 0.1) is 24.7 Å². The van der Waals surface area contributed by atoms with Gasteiger partial charge in [-0.3, -0.25) is 14.4 Å². The van der Waals surface area contributed by atoms with Gasteiger partial charge in [-0.15, -0.1) is 0 Å². The molecular weight excluding hydrogens is 540 g/mol. The van der Waals surface area contributed by atoms with Gasteiger partial charge in [-0.1, -0.05) is 69.5 Å². The summed E-state index contributed by atoms with van der Waals surface area (Å²) in [6.45, 7) is 7.92. The molecule has 0 aromatic heterocycles. The van der Waals surface area contributed by atoms with E-state index in [9.17, 15) is 14.4 Å². The summed E-state index contributed by atoms with van der Waals surface area (Å²) in [6.07, 6.45) is 21.4. The van der Waals surface area contributed by atoms with Crippen LogP contribution in [0.15, 0.2) is 42.5 Å². The number of Topliss-reactive ketones (excluding diaryl/α,β-unsaturated/α-hetero) is 3. The van der Waals surface area contributed by atoms with E-state index in [2.05, 4.69) is 63.3 Å². The molecule has 0 saturated carbocycles. The molecule has 0 bridgehead atoms. The summed E-state index contributed by atoms with van der Waals surface area (Å²) in [5.41, 5.74) is 11.1. The zero-order chi connectivity index (χ0) is 31.2. The number of benzene rings is 2. The summed E-state index contributed by atoms with van der Waals surface area (Å²) in [5, 5.41) is 0. The fourth-order valence-corrected chi connectivity index (χ4v) is 8.41. The van der Waals surface area contributed by atoms with E-state index in [0.717, 1.165) is 62.5 Å². The van der Waals surface area contributed by atoms with Crippen LogP contribution in [0.4, 0.5) is 0 Å². The molecule has 0 radical (unpaired) electrons. The molecule has 0 heterocycles. The normalized spacial score (nSPS) is 19.7. The minimum atomic E-state index is -0.112. The van der Waals surface area contributed by atoms with Crippen LogP contribution in [0.2, 0.25) is 0 Å². The van der Waals surface area contributed by atoms with Crippen molar-refractivity contribution in [1.29, 1.82) is 0 Å². The summed E-state index contributed by atoms with van der Waals surface area (Å²) in [5.74, 6) is 0.576. The Balaban J connectivity index is 1.56. The molecule has 3 heteroatoms. The van der Waals surface area contributed by atoms with Crippen molar-refractivity contribution in [2.45, 2.75) is 124 Å². The number of carbonyl (C=O) groups excluding carboxylic acids is 3. The van der Waals surface area contributed by atoms with E-state index in [1.54, 1.807) is 0 Å². The van der Waals surface area contributed by atoms with Crippen molar-refractivity contribution in [1.82, 2.24) is 0 Å². The van der Waals surface area contributed by atoms with E-state index in [0.29, 0.717) is 6.42 Å². The number of carbonyl (C=O) groups is 3. The Morgan fingerprint density at radius 2 is 1.73 bits per heavy atom. The van der Waals surface area contributed by atoms with Gasteiger partial charge in [0, 0.05) is 17.9 Å². The number of aryl methyl sites for hydroxylation is 2. The highest BCUT2D eigenvalue weighted by molar-refractivity contribution is 6.04. The highest BCUT2D eigenvalue weighted by Gasteiger charge is 2.35. The second-order valence-corrected chi connectivity index (χ2v) is 13.8. The van der Waals surface area contributed by atoms with Gasteiger partial charge in [-0.25, -0.2) is 0 Å². The summed E-state index contributed by atoms with van der Waals surface area (Å²) in [4.78, 5) is 39.2. The molecule has 3 unspecified atom stereocenters. The first-order valence-corrected chi connectivity index (χ1v) is 17.5. The third-order valence-electron chi connectivity index (χ3n) is 10.5. The Kier molecular flexibility index (Phi) is 10.9. The monoisotopic (exact) mass is 592 g/mol. The number of allylic oxidation sites excluding steroid dienone is 4. The second-order valence-electron chi connectivity index (χ2n) is 13.8. The standard InChI is InChI=1S/C41H52O3/c1-5-14-33(35(6-2)39(43)21-27(3)42)22-29-23-38-37(31-15-11-9-7-8-10-12-16-31)26-36(28(4)41(38)40(44)24-29)34-20-19-30-17-13-18-32(30)25-34/h11,15-16,19-20,25-26,29,33,35H,5-10,12-14,17-18,21-24H2,1-4H3. The maximum absolute atomic E-state index is 14.2. The summed E-state index contributed by atoms with van der Waals surface area (Å²) < 4.78 is 0. The average Bonchev–Trinajstić information content (AvgIpc) is 3.50. The summed E-state index contributed by atoms with van der Waals surface area (Å²) in [6, 6.07) is 9.34. The molecular formula is C41H52O3. The Morgan fingerprint density at radius 1 is 0.932 bits per heavy atom. The molecule has 0 fully saturated rings. The quantitative estimate of drug-likeness (QED) is 0.244. The lowest BCUT2D eigenvalue weighted by Gasteiger charge is -2.33. The minimum absolute atomic E-state index is 0.0282. The smallest absolute Gasteiger partial charge is 0.163 e. The van der Waals surface area contributed by atoms with Crippen LogP contribution in [-0.4, -0.2) is 17.3 Å². The lowest BCUT2D eigenvalue weighted by Crippen LogP contribution is -2.30. The number of ketones is 3. The fraction of sp³-hybridized carbons (Fsp3) is 0.537. The maximum atomic E-state index is 14.2. The van der Waals surface area contributed by atoms with Crippen molar-refractivity contribution in [3.63, 3.8) is 0 Å². The van der Waals surface area contributed by atoms with Crippen LogP contribution in [-0.2, 0) is 28.9 Å². The van der Waals surface area contributed by atoms with E-state index in [1.165, 1.54) is 78.0 Å². The van der Waals surface area contributed by atoms with Crippen LogP contribution in [0.1, 0.15) is 136 Å². The first-order chi connectivity index (χ1) is 21.3. The summed E-state index contributed by atoms with van der Waals surface area (Å²) in [7, 11) is 0. The molecule has 0 aliphatic heterocycles. The zero-order valence-corrected chi connectivity index (χ0v) is 27.6. The van der Waals surface area contributed by atoms with Crippen LogP contribution in [0.5, 0.6) is 0 Å². The van der Waals surface area contributed by atoms with Crippen molar-refractivity contribution in [3.05, 3.63) is 75.9 Å². The Bertz CT molecular complexity index is 1450. The van der Waals surface area contributed by atoms with Gasteiger partial charge in [-0.05, 0) is 140 Å². The van der Waals surface area contributed by atoms with Crippen molar-refractivity contribution < 1.29 is 14.4 Å². The molecule has 3 atom stereocenters. The van der Waals surface area contributed by atoms with Crippen LogP contribution < -0.4 is 0 Å². The van der Waals surface area contributed by atoms with Gasteiger partial charge < -0.3 is 0 Å². The predicted molar refractivity (Wildman–Crippen MR) is 182 cm³/mol. The Labute approximate surface area is 265 Å². The molecule has 234 valence electrons. The number of hydrogen-bond donors (Lipinski definition) is 0. The molecule has 3 aliphatic rings. The molecule has 2 aromatic rings. The van der Waals surface area contributed by atoms with Gasteiger partial charge in [-0.2, -0.15) is 0 Å². The lowest BCUT2D eigenvalue weighted by atomic mass is 9.70. The highest BCUT2D eigenvalue weighted by Crippen LogP contribution is 2.43. The first-order valence-electron chi connectivity index (χ1n) is 17.5. The van der Waals surface area contributed by atoms with E-state index < -0.39 is 0 Å². The molecule has 0 spiro atoms. The van der Waals surface area contributed by atoms with Crippen molar-refractivity contribution in [2.24, 2.45) is 17.8 Å². The van der Waals surface area contributed by atoms with E-state index in [4.69, 9.17) is 0 Å². The molecule has 3 aliphatic carbocycles. The molecule has 0 amide bonds. The molecule has 2 aromatic carbocycles. The molecule has 5 rings (SSSR count). The molecule has 0 N–H and O–H groups in total. The SMILES string of the molecule is CCCC(CC1CC(=O)c2c(C)c(-c3ccc4c(c3)CCC4)cc(C3=CCCCCCC=C3)c2C1)C(CC)C(=O)CC(C)=O. The largest absolute Gasteiger partial charge is 0.300 e. The number of hydrogen-bond acceptors (Lipinski definition) is 3. The van der Waals surface area contributed by atoms with E-state index >= 15 is 0 Å². The fourth-order valence-electron chi connectivity index (χ4n) is 8.41. The average molecular weight is 593 g/mol. The third-order valence-corrected chi connectivity index (χ3v) is 10.5. The zero-order valence-electron chi connectivity index (χ0n) is 27.6. The third kappa shape index (κ3) is 7.24. The first kappa shape index (κ1) is 32.3. The number of rotatable bonds is 11. The number of fused-ring (bicyclic) bond motifs is 2. The van der Waals surface area contributed by atoms with Crippen LogP contribution in [0.25, 0.3) is 16.7 Å². The van der Waals surface area contributed by atoms with Gasteiger partial charge in [0.1, 0.15) is 11.6 Å². The van der Waals surface area contributed by atoms with Gasteiger partial charge in [0.15, 0.2) is 5.78 Å². The second kappa shape index (κ2) is 14.8. The summed E-state index contributed by atoms with van der Waals surface area (Å²) >= 11 is 0. The van der Waals surface area contributed by atoms with Crippen LogP contribution in [0.3, 0.4) is 0 Å². The maximum Gasteiger partial charge on any atom is 0.163 e. The van der Waals surface area contributed by atoms with Crippen LogP contribution >= 0.6 is 0 Å². The van der Waals surface area contributed by atoms with Crippen molar-refractivity contribution >= 4 is 22.9 Å². The van der Waals surface area contributed by atoms with Gasteiger partial charge >= 0.3 is 0 Å². The minimum Gasteiger partial charge on any atom is -0.300 e. The lowest BCUT2D eigenvalue weighted by molar-refractivity contribution is -0.129. The van der Waals surface area contributed by atoms with E-state index in [1.807, 2.05) is 0 Å². The predicted octanol–water partition coefficient (Wildman–Crippen LogP) is 10.2. The van der Waals surface area contributed by atoms with Gasteiger partial charge in [0.2, 0.25) is 0 Å². The highest BCUT2D eigenvalue weighted by atomic mass is 16.1. The molecule has 0 saturated heterocycles. The van der Waals surface area contributed by atoms with Crippen molar-refractivity contribution in [3.8, 4) is 11.1 Å². The molecule has 3 nitrogen and oxygen atoms in total. The Hall–Kier alpha value is -3.07. The Morgan fingerprint density at radius 3 is 2.50 bits per heavy atom. The molecule has 44 heavy (non-hydrogen) atoms. The topological polar surface area (TPSA) is 51.2 Å². The van der Waals surface area contributed by atoms with Crippen molar-refractivity contribution in [2.75, 3.05) is 0 Å². The van der Waals surface area contributed by atoms with Gasteiger partial charge in [0.25, 0.3) is 0 Å². The van der Waals surface area contributed by atoms with E-state index in [-0.39, 0.29) is 41.5 Å².